The standard InChI is InChI=1S/C8H11NO2S/c1-6(10)11-7-3-2-4-8(7)12-5-9/h7-8H,2-4H2,1H3. The quantitative estimate of drug-likeness (QED) is 0.485. The van der Waals surface area contributed by atoms with Gasteiger partial charge in [0.1, 0.15) is 11.5 Å². The fraction of sp³-hybridized carbons (Fsp3) is 0.750. The molecule has 2 unspecified atom stereocenters. The number of rotatable bonds is 2. The van der Waals surface area contributed by atoms with Crippen molar-refractivity contribution in [1.29, 1.82) is 5.26 Å². The second kappa shape index (κ2) is 4.36. The molecule has 0 N–H and O–H groups in total. The minimum atomic E-state index is -0.245. The Morgan fingerprint density at radius 2 is 2.42 bits per heavy atom. The van der Waals surface area contributed by atoms with Gasteiger partial charge < -0.3 is 4.74 Å². The lowest BCUT2D eigenvalue weighted by Gasteiger charge is -2.15. The molecule has 0 radical (unpaired) electrons. The lowest BCUT2D eigenvalue weighted by atomic mass is 10.3. The van der Waals surface area contributed by atoms with Gasteiger partial charge in [0.05, 0.1) is 5.25 Å². The van der Waals surface area contributed by atoms with Crippen LogP contribution in [0.3, 0.4) is 0 Å². The van der Waals surface area contributed by atoms with Crippen molar-refractivity contribution in [3.8, 4) is 5.40 Å². The summed E-state index contributed by atoms with van der Waals surface area (Å²) in [5.74, 6) is -0.245. The summed E-state index contributed by atoms with van der Waals surface area (Å²) < 4.78 is 5.07. The number of carbonyl (C=O) groups is 1. The lowest BCUT2D eigenvalue weighted by molar-refractivity contribution is -0.145. The number of nitriles is 1. The number of thioether (sulfide) groups is 1. The molecule has 0 aliphatic heterocycles. The van der Waals surface area contributed by atoms with E-state index in [1.807, 2.05) is 5.40 Å². The normalized spacial score (nSPS) is 28.0. The van der Waals surface area contributed by atoms with Crippen LogP contribution in [0.25, 0.3) is 0 Å². The molecule has 0 saturated heterocycles. The Bertz CT molecular complexity index is 212. The summed E-state index contributed by atoms with van der Waals surface area (Å²) in [6.07, 6.45) is 2.90. The van der Waals surface area contributed by atoms with Crippen LogP contribution in [-0.4, -0.2) is 17.3 Å². The van der Waals surface area contributed by atoms with Crippen LogP contribution in [0, 0.1) is 10.7 Å². The van der Waals surface area contributed by atoms with Gasteiger partial charge in [-0.05, 0) is 31.0 Å². The van der Waals surface area contributed by atoms with Crippen LogP contribution in [0.15, 0.2) is 0 Å². The summed E-state index contributed by atoms with van der Waals surface area (Å²) >= 11 is 1.22. The third-order valence-electron chi connectivity index (χ3n) is 1.91. The third-order valence-corrected chi connectivity index (χ3v) is 2.86. The van der Waals surface area contributed by atoms with Crippen molar-refractivity contribution in [1.82, 2.24) is 0 Å². The fourth-order valence-corrected chi connectivity index (χ4v) is 2.21. The average Bonchev–Trinajstić information content (AvgIpc) is 2.37. The highest BCUT2D eigenvalue weighted by Crippen LogP contribution is 2.31. The highest BCUT2D eigenvalue weighted by Gasteiger charge is 2.30. The van der Waals surface area contributed by atoms with Crippen molar-refractivity contribution < 1.29 is 9.53 Å². The molecule has 0 amide bonds. The topological polar surface area (TPSA) is 50.1 Å². The van der Waals surface area contributed by atoms with Crippen LogP contribution in [0.5, 0.6) is 0 Å². The number of esters is 1. The fourth-order valence-electron chi connectivity index (χ4n) is 1.44. The molecule has 2 atom stereocenters. The molecule has 0 spiro atoms. The third kappa shape index (κ3) is 2.42. The number of thiocyanates is 1. The Balaban J connectivity index is 2.41. The second-order valence-electron chi connectivity index (χ2n) is 2.83. The maximum absolute atomic E-state index is 10.6. The highest BCUT2D eigenvalue weighted by molar-refractivity contribution is 8.04. The van der Waals surface area contributed by atoms with Gasteiger partial charge in [-0.25, -0.2) is 0 Å². The molecule has 1 aliphatic carbocycles. The molecular weight excluding hydrogens is 174 g/mol. The molecular formula is C8H11NO2S. The molecule has 66 valence electrons. The van der Waals surface area contributed by atoms with Gasteiger partial charge in [0.15, 0.2) is 0 Å². The Labute approximate surface area is 76.1 Å². The Morgan fingerprint density at radius 1 is 1.67 bits per heavy atom. The SMILES string of the molecule is CC(=O)OC1CCCC1SC#N. The summed E-state index contributed by atoms with van der Waals surface area (Å²) in [7, 11) is 0. The maximum atomic E-state index is 10.6. The zero-order chi connectivity index (χ0) is 8.97. The second-order valence-corrected chi connectivity index (χ2v) is 3.85. The smallest absolute Gasteiger partial charge is 0.302 e. The van der Waals surface area contributed by atoms with E-state index < -0.39 is 0 Å². The molecule has 0 aromatic carbocycles. The first kappa shape index (κ1) is 9.40. The van der Waals surface area contributed by atoms with Crippen molar-refractivity contribution in [2.75, 3.05) is 0 Å². The molecule has 1 fully saturated rings. The summed E-state index contributed by atoms with van der Waals surface area (Å²) in [6.45, 7) is 1.41. The maximum Gasteiger partial charge on any atom is 0.302 e. The van der Waals surface area contributed by atoms with E-state index in [1.54, 1.807) is 0 Å². The van der Waals surface area contributed by atoms with Crippen LogP contribution in [0.2, 0.25) is 0 Å². The van der Waals surface area contributed by atoms with Gasteiger partial charge in [-0.2, -0.15) is 5.26 Å². The molecule has 1 aliphatic rings. The van der Waals surface area contributed by atoms with Crippen LogP contribution >= 0.6 is 11.8 Å². The summed E-state index contributed by atoms with van der Waals surface area (Å²) in [6, 6.07) is 0. The molecule has 12 heavy (non-hydrogen) atoms. The van der Waals surface area contributed by atoms with E-state index in [1.165, 1.54) is 18.7 Å². The first-order valence-electron chi connectivity index (χ1n) is 3.96. The number of nitrogens with zero attached hydrogens (tertiary/aromatic N) is 1. The van der Waals surface area contributed by atoms with Crippen molar-refractivity contribution in [2.24, 2.45) is 0 Å². The predicted octanol–water partition coefficient (Wildman–Crippen LogP) is 1.68. The number of hydrogen-bond acceptors (Lipinski definition) is 4. The molecule has 0 aromatic heterocycles. The predicted molar refractivity (Wildman–Crippen MR) is 46.4 cm³/mol. The van der Waals surface area contributed by atoms with E-state index in [4.69, 9.17) is 10.00 Å². The number of ether oxygens (including phenoxy) is 1. The van der Waals surface area contributed by atoms with Crippen LogP contribution in [-0.2, 0) is 9.53 Å². The molecule has 0 bridgehead atoms. The molecule has 3 nitrogen and oxygen atoms in total. The number of carbonyl (C=O) groups excluding carboxylic acids is 1. The minimum absolute atomic E-state index is 0.0350. The Morgan fingerprint density at radius 3 is 3.00 bits per heavy atom. The van der Waals surface area contributed by atoms with Gasteiger partial charge in [-0.15, -0.1) is 0 Å². The highest BCUT2D eigenvalue weighted by atomic mass is 32.2. The summed E-state index contributed by atoms with van der Waals surface area (Å²) in [5, 5.41) is 10.7. The van der Waals surface area contributed by atoms with E-state index in [2.05, 4.69) is 0 Å². The van der Waals surface area contributed by atoms with E-state index >= 15 is 0 Å². The van der Waals surface area contributed by atoms with Gasteiger partial charge >= 0.3 is 5.97 Å². The molecule has 1 rings (SSSR count). The van der Waals surface area contributed by atoms with Gasteiger partial charge in [-0.3, -0.25) is 4.79 Å². The van der Waals surface area contributed by atoms with Gasteiger partial charge in [0.2, 0.25) is 0 Å². The molecule has 1 saturated carbocycles. The lowest BCUT2D eigenvalue weighted by Crippen LogP contribution is -2.22. The molecule has 0 aromatic rings. The summed E-state index contributed by atoms with van der Waals surface area (Å²) in [5.41, 5.74) is 0. The average molecular weight is 185 g/mol. The molecule has 0 heterocycles. The van der Waals surface area contributed by atoms with Crippen molar-refractivity contribution in [3.63, 3.8) is 0 Å². The van der Waals surface area contributed by atoms with Crippen molar-refractivity contribution in [3.05, 3.63) is 0 Å². The largest absolute Gasteiger partial charge is 0.461 e. The van der Waals surface area contributed by atoms with Crippen molar-refractivity contribution >= 4 is 17.7 Å². The minimum Gasteiger partial charge on any atom is -0.461 e. The van der Waals surface area contributed by atoms with E-state index in [-0.39, 0.29) is 17.3 Å². The molecule has 4 heteroatoms. The monoisotopic (exact) mass is 185 g/mol. The number of hydrogen-bond donors (Lipinski definition) is 0. The summed E-state index contributed by atoms with van der Waals surface area (Å²) in [4.78, 5) is 10.6. The first-order chi connectivity index (χ1) is 5.74. The van der Waals surface area contributed by atoms with Crippen LogP contribution < -0.4 is 0 Å². The van der Waals surface area contributed by atoms with Gasteiger partial charge in [0, 0.05) is 6.92 Å². The van der Waals surface area contributed by atoms with Crippen LogP contribution in [0.4, 0.5) is 0 Å². The van der Waals surface area contributed by atoms with Crippen LogP contribution in [0.1, 0.15) is 26.2 Å². The zero-order valence-corrected chi connectivity index (χ0v) is 7.76. The Kier molecular flexibility index (Phi) is 3.42. The van der Waals surface area contributed by atoms with Crippen molar-refractivity contribution in [2.45, 2.75) is 37.5 Å². The van der Waals surface area contributed by atoms with Gasteiger partial charge in [0.25, 0.3) is 0 Å². The van der Waals surface area contributed by atoms with Gasteiger partial charge in [-0.1, -0.05) is 0 Å². The zero-order valence-electron chi connectivity index (χ0n) is 6.95. The Hall–Kier alpha value is -0.690. The first-order valence-corrected chi connectivity index (χ1v) is 4.84. The van der Waals surface area contributed by atoms with E-state index in [0.717, 1.165) is 19.3 Å². The van der Waals surface area contributed by atoms with E-state index in [0.29, 0.717) is 0 Å². The van der Waals surface area contributed by atoms with E-state index in [9.17, 15) is 4.79 Å².